The molecule has 1 heterocycles. The molecule has 0 aliphatic heterocycles. The van der Waals surface area contributed by atoms with Gasteiger partial charge in [0, 0.05) is 5.69 Å². The Morgan fingerprint density at radius 2 is 2.00 bits per heavy atom. The molecule has 88 valence electrons. The minimum Gasteiger partial charge on any atom is -0.457 e. The van der Waals surface area contributed by atoms with E-state index >= 15 is 0 Å². The number of carbonyl (C=O) groups is 1. The number of amides is 1. The molecule has 0 bridgehead atoms. The maximum atomic E-state index is 11.8. The number of halogens is 1. The molecule has 0 saturated carbocycles. The lowest BCUT2D eigenvalue weighted by Crippen LogP contribution is -2.11. The molecule has 1 amide bonds. The molecule has 0 fully saturated rings. The first kappa shape index (κ1) is 11.9. The topological polar surface area (TPSA) is 42.2 Å². The van der Waals surface area contributed by atoms with Crippen molar-refractivity contribution in [2.45, 2.75) is 13.3 Å². The van der Waals surface area contributed by atoms with Crippen LogP contribution in [0.25, 0.3) is 0 Å². The maximum Gasteiger partial charge on any atom is 0.260 e. The van der Waals surface area contributed by atoms with Crippen LogP contribution in [0, 0.1) is 0 Å². The SMILES string of the molecule is CCc1ccc(NC(=O)c2ccoc2Br)cc1. The summed E-state index contributed by atoms with van der Waals surface area (Å²) in [5.41, 5.74) is 2.51. The van der Waals surface area contributed by atoms with Crippen LogP contribution in [-0.2, 0) is 6.42 Å². The first-order chi connectivity index (χ1) is 8.20. The van der Waals surface area contributed by atoms with Gasteiger partial charge < -0.3 is 9.73 Å². The smallest absolute Gasteiger partial charge is 0.260 e. The van der Waals surface area contributed by atoms with Crippen molar-refractivity contribution in [3.8, 4) is 0 Å². The summed E-state index contributed by atoms with van der Waals surface area (Å²) < 4.78 is 5.46. The number of rotatable bonds is 3. The number of furan rings is 1. The monoisotopic (exact) mass is 293 g/mol. The molecule has 0 unspecified atom stereocenters. The molecule has 2 rings (SSSR count). The van der Waals surface area contributed by atoms with Gasteiger partial charge >= 0.3 is 0 Å². The van der Waals surface area contributed by atoms with Gasteiger partial charge in [-0.3, -0.25) is 4.79 Å². The molecule has 1 aromatic heterocycles. The van der Waals surface area contributed by atoms with Crippen LogP contribution in [-0.4, -0.2) is 5.91 Å². The number of aryl methyl sites for hydroxylation is 1. The third-order valence-electron chi connectivity index (χ3n) is 2.48. The molecule has 1 N–H and O–H groups in total. The fourth-order valence-electron chi connectivity index (χ4n) is 1.48. The number of carbonyl (C=O) groups excluding carboxylic acids is 1. The number of hydrogen-bond donors (Lipinski definition) is 1. The van der Waals surface area contributed by atoms with Crippen molar-refractivity contribution in [2.24, 2.45) is 0 Å². The average Bonchev–Trinajstić information content (AvgIpc) is 2.76. The first-order valence-electron chi connectivity index (χ1n) is 5.34. The average molecular weight is 294 g/mol. The van der Waals surface area contributed by atoms with Crippen LogP contribution in [0.5, 0.6) is 0 Å². The molecule has 0 saturated heterocycles. The second-order valence-electron chi connectivity index (χ2n) is 3.61. The van der Waals surface area contributed by atoms with Gasteiger partial charge in [0.1, 0.15) is 0 Å². The van der Waals surface area contributed by atoms with E-state index in [9.17, 15) is 4.79 Å². The van der Waals surface area contributed by atoms with Crippen LogP contribution in [0.4, 0.5) is 5.69 Å². The Morgan fingerprint density at radius 3 is 2.53 bits per heavy atom. The lowest BCUT2D eigenvalue weighted by molar-refractivity contribution is 0.102. The zero-order valence-corrected chi connectivity index (χ0v) is 11.0. The molecular formula is C13H12BrNO2. The molecule has 1 aromatic carbocycles. The molecule has 0 aliphatic carbocycles. The highest BCUT2D eigenvalue weighted by molar-refractivity contribution is 9.10. The molecule has 0 atom stereocenters. The molecular weight excluding hydrogens is 282 g/mol. The summed E-state index contributed by atoms with van der Waals surface area (Å²) in [7, 11) is 0. The summed E-state index contributed by atoms with van der Waals surface area (Å²) in [6.07, 6.45) is 2.46. The van der Waals surface area contributed by atoms with E-state index in [1.807, 2.05) is 24.3 Å². The van der Waals surface area contributed by atoms with Gasteiger partial charge in [-0.25, -0.2) is 0 Å². The van der Waals surface area contributed by atoms with Crippen molar-refractivity contribution in [2.75, 3.05) is 5.32 Å². The van der Waals surface area contributed by atoms with E-state index in [1.54, 1.807) is 6.07 Å². The molecule has 0 aliphatic rings. The van der Waals surface area contributed by atoms with Crippen LogP contribution in [0.1, 0.15) is 22.8 Å². The van der Waals surface area contributed by atoms with Gasteiger partial charge in [-0.15, -0.1) is 0 Å². The molecule has 0 radical (unpaired) electrons. The fraction of sp³-hybridized carbons (Fsp3) is 0.154. The third kappa shape index (κ3) is 2.77. The van der Waals surface area contributed by atoms with Crippen molar-refractivity contribution >= 4 is 27.5 Å². The zero-order chi connectivity index (χ0) is 12.3. The van der Waals surface area contributed by atoms with Crippen LogP contribution in [0.2, 0.25) is 0 Å². The van der Waals surface area contributed by atoms with Crippen LogP contribution >= 0.6 is 15.9 Å². The minimum absolute atomic E-state index is 0.185. The summed E-state index contributed by atoms with van der Waals surface area (Å²) in [4.78, 5) is 11.8. The lowest BCUT2D eigenvalue weighted by Gasteiger charge is -2.04. The molecule has 0 spiro atoms. The lowest BCUT2D eigenvalue weighted by atomic mass is 10.1. The number of anilines is 1. The van der Waals surface area contributed by atoms with E-state index in [-0.39, 0.29) is 5.91 Å². The van der Waals surface area contributed by atoms with E-state index in [4.69, 9.17) is 4.42 Å². The van der Waals surface area contributed by atoms with E-state index in [0.717, 1.165) is 12.1 Å². The van der Waals surface area contributed by atoms with Crippen LogP contribution < -0.4 is 5.32 Å². The third-order valence-corrected chi connectivity index (χ3v) is 3.10. The maximum absolute atomic E-state index is 11.8. The Bertz CT molecular complexity index is 516. The van der Waals surface area contributed by atoms with E-state index < -0.39 is 0 Å². The molecule has 2 aromatic rings. The quantitative estimate of drug-likeness (QED) is 0.934. The van der Waals surface area contributed by atoms with E-state index in [1.165, 1.54) is 11.8 Å². The van der Waals surface area contributed by atoms with E-state index in [0.29, 0.717) is 10.2 Å². The van der Waals surface area contributed by atoms with Gasteiger partial charge in [-0.05, 0) is 46.1 Å². The van der Waals surface area contributed by atoms with Gasteiger partial charge in [0.2, 0.25) is 0 Å². The van der Waals surface area contributed by atoms with Crippen molar-refractivity contribution < 1.29 is 9.21 Å². The Morgan fingerprint density at radius 1 is 1.29 bits per heavy atom. The summed E-state index contributed by atoms with van der Waals surface area (Å²) in [6, 6.07) is 9.41. The summed E-state index contributed by atoms with van der Waals surface area (Å²) >= 11 is 3.18. The second kappa shape index (κ2) is 5.19. The predicted molar refractivity (Wildman–Crippen MR) is 70.2 cm³/mol. The largest absolute Gasteiger partial charge is 0.457 e. The summed E-state index contributed by atoms with van der Waals surface area (Å²) in [6.45, 7) is 2.09. The number of benzene rings is 1. The minimum atomic E-state index is -0.185. The summed E-state index contributed by atoms with van der Waals surface area (Å²) in [5, 5.41) is 2.81. The fourth-order valence-corrected chi connectivity index (χ4v) is 1.90. The first-order valence-corrected chi connectivity index (χ1v) is 6.13. The predicted octanol–water partition coefficient (Wildman–Crippen LogP) is 3.86. The van der Waals surface area contributed by atoms with Crippen molar-refractivity contribution in [3.05, 3.63) is 52.4 Å². The Labute approximate surface area is 108 Å². The van der Waals surface area contributed by atoms with Gasteiger partial charge in [0.15, 0.2) is 4.67 Å². The van der Waals surface area contributed by atoms with Gasteiger partial charge in [0.05, 0.1) is 11.8 Å². The van der Waals surface area contributed by atoms with Crippen LogP contribution in [0.15, 0.2) is 45.7 Å². The van der Waals surface area contributed by atoms with Crippen molar-refractivity contribution in [1.82, 2.24) is 0 Å². The standard InChI is InChI=1S/C13H12BrNO2/c1-2-9-3-5-10(6-4-9)15-13(16)11-7-8-17-12(11)14/h3-8H,2H2,1H3,(H,15,16). The molecule has 17 heavy (non-hydrogen) atoms. The zero-order valence-electron chi connectivity index (χ0n) is 9.37. The number of hydrogen-bond acceptors (Lipinski definition) is 2. The van der Waals surface area contributed by atoms with Crippen molar-refractivity contribution in [3.63, 3.8) is 0 Å². The summed E-state index contributed by atoms with van der Waals surface area (Å²) in [5.74, 6) is -0.185. The normalized spacial score (nSPS) is 10.2. The van der Waals surface area contributed by atoms with Crippen LogP contribution in [0.3, 0.4) is 0 Å². The molecule has 3 nitrogen and oxygen atoms in total. The number of nitrogens with one attached hydrogen (secondary N) is 1. The van der Waals surface area contributed by atoms with E-state index in [2.05, 4.69) is 28.2 Å². The Kier molecular flexibility index (Phi) is 3.64. The Balaban J connectivity index is 2.10. The highest BCUT2D eigenvalue weighted by Crippen LogP contribution is 2.19. The highest BCUT2D eigenvalue weighted by Gasteiger charge is 2.12. The van der Waals surface area contributed by atoms with Gasteiger partial charge in [-0.1, -0.05) is 19.1 Å². The van der Waals surface area contributed by atoms with Gasteiger partial charge in [-0.2, -0.15) is 0 Å². The van der Waals surface area contributed by atoms with Gasteiger partial charge in [0.25, 0.3) is 5.91 Å². The Hall–Kier alpha value is -1.55. The van der Waals surface area contributed by atoms with Crippen molar-refractivity contribution in [1.29, 1.82) is 0 Å². The molecule has 4 heteroatoms. The second-order valence-corrected chi connectivity index (χ2v) is 4.33. The highest BCUT2D eigenvalue weighted by atomic mass is 79.9.